The number of nitrogens with zero attached hydrogens (tertiary/aromatic N) is 2. The molecule has 55 heavy (non-hydrogen) atoms. The minimum absolute atomic E-state index is 0.0271. The van der Waals surface area contributed by atoms with Gasteiger partial charge in [-0.05, 0) is 78.9 Å². The molecule has 6 atom stereocenters. The first kappa shape index (κ1) is 36.7. The Bertz CT molecular complexity index is 2300. The number of hydrogen-bond donors (Lipinski definition) is 2. The van der Waals surface area contributed by atoms with Gasteiger partial charge in [0.2, 0.25) is 11.8 Å². The number of benzene rings is 4. The molecule has 8 rings (SSSR count). The summed E-state index contributed by atoms with van der Waals surface area (Å²) >= 11 is 18.9. The number of ether oxygens (including phenoxy) is 3. The van der Waals surface area contributed by atoms with E-state index in [0.29, 0.717) is 38.4 Å². The minimum Gasteiger partial charge on any atom is -0.507 e. The highest BCUT2D eigenvalue weighted by molar-refractivity contribution is 6.36. The lowest BCUT2D eigenvalue weighted by Gasteiger charge is -2.50. The third-order valence-electron chi connectivity index (χ3n) is 11.5. The molecule has 0 bridgehead atoms. The molecule has 1 saturated carbocycles. The molecular formula is C41H34Cl3N3O8. The van der Waals surface area contributed by atoms with E-state index in [1.165, 1.54) is 38.4 Å². The maximum atomic E-state index is 15.5. The van der Waals surface area contributed by atoms with Gasteiger partial charge in [-0.15, -0.1) is 0 Å². The summed E-state index contributed by atoms with van der Waals surface area (Å²) < 4.78 is 16.8. The standard InChI is InChI=1S/C41H34Cl3N3O8/c1-53-24-11-4-20(5-12-24)41-29(38(50)47(40(41)52)45-31-15-8-22(43)16-30(31)44)19-28-26(36(41)35-32(48)17-25(54-2)18-33(35)55-3)13-14-27-34(28)39(51)46(37(27)49)23-9-6-21(42)7-10-23/h4-13,15-18,27-29,34,36,45,48H,14,19H2,1-3H3. The maximum absolute atomic E-state index is 15.5. The summed E-state index contributed by atoms with van der Waals surface area (Å²) in [6.07, 6.45) is 2.09. The van der Waals surface area contributed by atoms with Gasteiger partial charge in [-0.1, -0.05) is 58.6 Å². The number of anilines is 2. The van der Waals surface area contributed by atoms with Gasteiger partial charge in [0.25, 0.3) is 11.8 Å². The summed E-state index contributed by atoms with van der Waals surface area (Å²) in [5.74, 6) is -5.74. The van der Waals surface area contributed by atoms with Crippen LogP contribution in [-0.4, -0.2) is 55.1 Å². The van der Waals surface area contributed by atoms with E-state index in [2.05, 4.69) is 5.43 Å². The van der Waals surface area contributed by atoms with Gasteiger partial charge in [-0.2, -0.15) is 5.01 Å². The van der Waals surface area contributed by atoms with Crippen molar-refractivity contribution < 1.29 is 38.5 Å². The molecule has 2 saturated heterocycles. The molecule has 4 aromatic rings. The van der Waals surface area contributed by atoms with Crippen LogP contribution >= 0.6 is 34.8 Å². The number of carbonyl (C=O) groups excluding carboxylic acids is 4. The first-order valence-corrected chi connectivity index (χ1v) is 18.6. The Labute approximate surface area is 331 Å². The van der Waals surface area contributed by atoms with Crippen LogP contribution in [0.15, 0.2) is 90.5 Å². The number of carbonyl (C=O) groups is 4. The van der Waals surface area contributed by atoms with Crippen molar-refractivity contribution in [3.05, 3.63) is 117 Å². The highest BCUT2D eigenvalue weighted by Crippen LogP contribution is 2.66. The molecule has 2 aliphatic carbocycles. The van der Waals surface area contributed by atoms with Gasteiger partial charge in [0.05, 0.1) is 60.9 Å². The smallest absolute Gasteiger partial charge is 0.260 e. The Morgan fingerprint density at radius 2 is 1.45 bits per heavy atom. The fourth-order valence-corrected chi connectivity index (χ4v) is 9.74. The Kier molecular flexibility index (Phi) is 9.22. The van der Waals surface area contributed by atoms with Crippen molar-refractivity contribution in [2.24, 2.45) is 23.7 Å². The fourth-order valence-electron chi connectivity index (χ4n) is 9.17. The Morgan fingerprint density at radius 3 is 2.11 bits per heavy atom. The van der Waals surface area contributed by atoms with E-state index >= 15 is 9.59 Å². The van der Waals surface area contributed by atoms with E-state index in [9.17, 15) is 14.7 Å². The fraction of sp³-hybridized carbons (Fsp3) is 0.268. The topological polar surface area (TPSA) is 135 Å². The summed E-state index contributed by atoms with van der Waals surface area (Å²) in [5.41, 5.74) is 3.19. The monoisotopic (exact) mass is 801 g/mol. The van der Waals surface area contributed by atoms with E-state index in [4.69, 9.17) is 49.0 Å². The number of imide groups is 2. The zero-order valence-electron chi connectivity index (χ0n) is 29.7. The van der Waals surface area contributed by atoms with Crippen LogP contribution in [0.5, 0.6) is 23.0 Å². The average Bonchev–Trinajstić information content (AvgIpc) is 3.56. The zero-order chi connectivity index (χ0) is 38.9. The molecule has 3 fully saturated rings. The summed E-state index contributed by atoms with van der Waals surface area (Å²) in [5, 5.41) is 13.9. The normalized spacial score (nSPS) is 25.6. The first-order valence-electron chi connectivity index (χ1n) is 17.5. The van der Waals surface area contributed by atoms with Crippen LogP contribution in [0, 0.1) is 23.7 Å². The molecule has 2 heterocycles. The number of fused-ring (bicyclic) bond motifs is 4. The van der Waals surface area contributed by atoms with E-state index in [1.807, 2.05) is 6.08 Å². The summed E-state index contributed by atoms with van der Waals surface area (Å²) in [6, 6.07) is 21.0. The number of hydrogen-bond acceptors (Lipinski definition) is 9. The van der Waals surface area contributed by atoms with Gasteiger partial charge >= 0.3 is 0 Å². The first-order chi connectivity index (χ1) is 26.4. The molecule has 6 unspecified atom stereocenters. The number of amides is 4. The van der Waals surface area contributed by atoms with Gasteiger partial charge in [-0.25, -0.2) is 0 Å². The molecule has 2 N–H and O–H groups in total. The third kappa shape index (κ3) is 5.54. The summed E-state index contributed by atoms with van der Waals surface area (Å²) in [4.78, 5) is 60.4. The van der Waals surface area contributed by atoms with Crippen molar-refractivity contribution in [3.8, 4) is 23.0 Å². The number of nitrogens with one attached hydrogen (secondary N) is 1. The zero-order valence-corrected chi connectivity index (χ0v) is 32.0. The highest BCUT2D eigenvalue weighted by Gasteiger charge is 2.71. The molecule has 282 valence electrons. The molecule has 4 aliphatic rings. The van der Waals surface area contributed by atoms with Crippen molar-refractivity contribution in [2.75, 3.05) is 31.7 Å². The summed E-state index contributed by atoms with van der Waals surface area (Å²) in [6.45, 7) is 0. The van der Waals surface area contributed by atoms with Crippen molar-refractivity contribution in [1.82, 2.24) is 5.01 Å². The van der Waals surface area contributed by atoms with Gasteiger partial charge in [-0.3, -0.25) is 29.5 Å². The van der Waals surface area contributed by atoms with Crippen molar-refractivity contribution in [1.29, 1.82) is 0 Å². The van der Waals surface area contributed by atoms with Crippen LogP contribution < -0.4 is 24.5 Å². The van der Waals surface area contributed by atoms with Crippen molar-refractivity contribution >= 4 is 69.8 Å². The van der Waals surface area contributed by atoms with Crippen LogP contribution in [0.2, 0.25) is 15.1 Å². The Hall–Kier alpha value is -5.23. The van der Waals surface area contributed by atoms with Crippen LogP contribution in [0.25, 0.3) is 0 Å². The molecule has 0 spiro atoms. The number of aromatic hydroxyl groups is 1. The van der Waals surface area contributed by atoms with Crippen LogP contribution in [0.1, 0.15) is 29.9 Å². The van der Waals surface area contributed by atoms with E-state index < -0.39 is 52.7 Å². The molecule has 4 amide bonds. The predicted molar refractivity (Wildman–Crippen MR) is 206 cm³/mol. The van der Waals surface area contributed by atoms with E-state index in [-0.39, 0.29) is 46.5 Å². The Morgan fingerprint density at radius 1 is 0.764 bits per heavy atom. The van der Waals surface area contributed by atoms with E-state index in [1.54, 1.807) is 66.7 Å². The number of phenolic OH excluding ortho intramolecular Hbond substituents is 1. The van der Waals surface area contributed by atoms with Crippen LogP contribution in [0.3, 0.4) is 0 Å². The predicted octanol–water partition coefficient (Wildman–Crippen LogP) is 7.57. The van der Waals surface area contributed by atoms with E-state index in [0.717, 1.165) is 5.01 Å². The largest absolute Gasteiger partial charge is 0.507 e. The Balaban J connectivity index is 1.37. The molecule has 14 heteroatoms. The van der Waals surface area contributed by atoms with Gasteiger partial charge in [0, 0.05) is 33.7 Å². The molecule has 0 radical (unpaired) electrons. The SMILES string of the molecule is COc1ccc(C23C(=O)N(Nc4ccc(Cl)cc4Cl)C(=O)C2CC2C(=CCC4C(=O)N(c5ccc(Cl)cc5)C(=O)C42)C3c2c(O)cc(OC)cc2OC)cc1. The number of hydrazine groups is 1. The molecule has 11 nitrogen and oxygen atoms in total. The number of allylic oxidation sites excluding steroid dienone is 2. The second-order valence-electron chi connectivity index (χ2n) is 14.0. The van der Waals surface area contributed by atoms with Gasteiger partial charge in [0.15, 0.2) is 0 Å². The number of methoxy groups -OCH3 is 3. The van der Waals surface area contributed by atoms with Gasteiger partial charge < -0.3 is 19.3 Å². The molecule has 2 aliphatic heterocycles. The van der Waals surface area contributed by atoms with Gasteiger partial charge in [0.1, 0.15) is 23.0 Å². The minimum atomic E-state index is -1.72. The number of rotatable bonds is 8. The van der Waals surface area contributed by atoms with Crippen molar-refractivity contribution in [2.45, 2.75) is 24.2 Å². The molecule has 4 aromatic carbocycles. The molecular weight excluding hydrogens is 769 g/mol. The lowest BCUT2D eigenvalue weighted by molar-refractivity contribution is -0.138. The third-order valence-corrected chi connectivity index (χ3v) is 12.3. The quantitative estimate of drug-likeness (QED) is 0.137. The lowest BCUT2D eigenvalue weighted by atomic mass is 9.49. The summed E-state index contributed by atoms with van der Waals surface area (Å²) in [7, 11) is 4.40. The maximum Gasteiger partial charge on any atom is 0.260 e. The lowest BCUT2D eigenvalue weighted by Crippen LogP contribution is -2.53. The second kappa shape index (κ2) is 13.8. The highest BCUT2D eigenvalue weighted by atomic mass is 35.5. The van der Waals surface area contributed by atoms with Crippen molar-refractivity contribution in [3.63, 3.8) is 0 Å². The van der Waals surface area contributed by atoms with Crippen LogP contribution in [0.4, 0.5) is 11.4 Å². The number of phenols is 1. The van der Waals surface area contributed by atoms with Crippen LogP contribution in [-0.2, 0) is 24.6 Å². The average molecular weight is 803 g/mol. The second-order valence-corrected chi connectivity index (χ2v) is 15.2. The molecule has 0 aromatic heterocycles. The number of halogens is 3.